The molecular weight excluding hydrogens is 449 g/mol. The average Bonchev–Trinajstić information content (AvgIpc) is 3.25. The summed E-state index contributed by atoms with van der Waals surface area (Å²) >= 11 is 2.56. The molecule has 2 amide bonds. The molecule has 0 atom stereocenters. The molecule has 32 heavy (non-hydrogen) atoms. The highest BCUT2D eigenvalue weighted by Gasteiger charge is 2.22. The summed E-state index contributed by atoms with van der Waals surface area (Å²) in [5, 5.41) is 11.2. The summed E-state index contributed by atoms with van der Waals surface area (Å²) in [6.45, 7) is 4.52. The summed E-state index contributed by atoms with van der Waals surface area (Å²) in [5.41, 5.74) is 2.43. The van der Waals surface area contributed by atoms with Crippen LogP contribution in [0.5, 0.6) is 0 Å². The first-order valence-corrected chi connectivity index (χ1v) is 11.9. The van der Waals surface area contributed by atoms with Crippen LogP contribution in [0.2, 0.25) is 0 Å². The summed E-state index contributed by atoms with van der Waals surface area (Å²) < 4.78 is 13.7. The van der Waals surface area contributed by atoms with Gasteiger partial charge >= 0.3 is 0 Å². The maximum atomic E-state index is 13.1. The van der Waals surface area contributed by atoms with Crippen molar-refractivity contribution in [2.45, 2.75) is 11.3 Å². The molecule has 0 bridgehead atoms. The number of aromatic nitrogens is 2. The molecule has 1 aliphatic heterocycles. The van der Waals surface area contributed by atoms with Crippen LogP contribution < -0.4 is 10.2 Å². The van der Waals surface area contributed by atoms with E-state index in [-0.39, 0.29) is 23.4 Å². The van der Waals surface area contributed by atoms with Gasteiger partial charge in [-0.1, -0.05) is 41.3 Å². The van der Waals surface area contributed by atoms with E-state index in [1.807, 2.05) is 30.0 Å². The van der Waals surface area contributed by atoms with Crippen molar-refractivity contribution in [3.63, 3.8) is 0 Å². The molecule has 10 heteroatoms. The summed E-state index contributed by atoms with van der Waals surface area (Å²) in [5.74, 6) is -0.189. The van der Waals surface area contributed by atoms with Crippen LogP contribution in [0.4, 0.5) is 15.2 Å². The van der Waals surface area contributed by atoms with Gasteiger partial charge in [0.25, 0.3) is 5.91 Å². The number of carbonyl (C=O) groups excluding carboxylic acids is 2. The summed E-state index contributed by atoms with van der Waals surface area (Å²) in [4.78, 5) is 29.0. The van der Waals surface area contributed by atoms with Crippen LogP contribution in [0.3, 0.4) is 0 Å². The van der Waals surface area contributed by atoms with Crippen molar-refractivity contribution >= 4 is 45.7 Å². The van der Waals surface area contributed by atoms with Crippen LogP contribution in [0.1, 0.15) is 15.9 Å². The topological polar surface area (TPSA) is 78.4 Å². The molecule has 2 aromatic carbocycles. The lowest BCUT2D eigenvalue weighted by atomic mass is 10.1. The molecule has 1 aromatic heterocycles. The van der Waals surface area contributed by atoms with Crippen LogP contribution in [0.15, 0.2) is 52.9 Å². The maximum absolute atomic E-state index is 13.1. The highest BCUT2D eigenvalue weighted by Crippen LogP contribution is 2.26. The van der Waals surface area contributed by atoms with Gasteiger partial charge in [0.2, 0.25) is 11.0 Å². The smallest absolute Gasteiger partial charge is 0.257 e. The van der Waals surface area contributed by atoms with Gasteiger partial charge in [-0.2, -0.15) is 0 Å². The Morgan fingerprint density at radius 1 is 1.06 bits per heavy atom. The van der Waals surface area contributed by atoms with Gasteiger partial charge in [0.05, 0.1) is 5.75 Å². The van der Waals surface area contributed by atoms with Gasteiger partial charge in [-0.15, -0.1) is 10.2 Å². The Labute approximate surface area is 193 Å². The number of amides is 2. The summed E-state index contributed by atoms with van der Waals surface area (Å²) in [7, 11) is 0. The Bertz CT molecular complexity index is 1100. The van der Waals surface area contributed by atoms with Gasteiger partial charge in [0.15, 0.2) is 4.34 Å². The average molecular weight is 472 g/mol. The van der Waals surface area contributed by atoms with Gasteiger partial charge in [0.1, 0.15) is 5.82 Å². The van der Waals surface area contributed by atoms with E-state index in [2.05, 4.69) is 20.4 Å². The number of nitrogens with one attached hydrogen (secondary N) is 1. The molecule has 0 spiro atoms. The third-order valence-electron chi connectivity index (χ3n) is 5.16. The highest BCUT2D eigenvalue weighted by atomic mass is 32.2. The number of thioether (sulfide) groups is 1. The molecule has 3 aromatic rings. The lowest BCUT2D eigenvalue weighted by molar-refractivity contribution is -0.128. The van der Waals surface area contributed by atoms with E-state index in [0.29, 0.717) is 41.2 Å². The van der Waals surface area contributed by atoms with Gasteiger partial charge in [-0.3, -0.25) is 14.9 Å². The number of benzene rings is 2. The maximum Gasteiger partial charge on any atom is 0.257 e. The molecule has 1 fully saturated rings. The van der Waals surface area contributed by atoms with Crippen molar-refractivity contribution < 1.29 is 14.0 Å². The van der Waals surface area contributed by atoms with Gasteiger partial charge in [-0.05, 0) is 42.8 Å². The van der Waals surface area contributed by atoms with Gasteiger partial charge < -0.3 is 9.80 Å². The monoisotopic (exact) mass is 471 g/mol. The molecule has 0 saturated carbocycles. The van der Waals surface area contributed by atoms with Crippen molar-refractivity contribution in [2.24, 2.45) is 0 Å². The number of hydrogen-bond acceptors (Lipinski definition) is 7. The first kappa shape index (κ1) is 22.2. The Morgan fingerprint density at radius 3 is 2.50 bits per heavy atom. The second-order valence-electron chi connectivity index (χ2n) is 7.28. The minimum Gasteiger partial charge on any atom is -0.368 e. The van der Waals surface area contributed by atoms with Gasteiger partial charge in [0, 0.05) is 37.4 Å². The molecule has 1 aliphatic rings. The number of nitrogens with zero attached hydrogens (tertiary/aromatic N) is 4. The fourth-order valence-corrected chi connectivity index (χ4v) is 5.04. The SMILES string of the molecule is Cc1ccccc1C(=O)Nc1nnc(SCC(=O)N2CCN(c3ccc(F)cc3)CC2)s1. The first-order chi connectivity index (χ1) is 15.5. The molecule has 0 unspecified atom stereocenters. The van der Waals surface area contributed by atoms with E-state index < -0.39 is 0 Å². The standard InChI is InChI=1S/C22H22FN5O2S2/c1-15-4-2-3-5-18(15)20(30)24-21-25-26-22(32-21)31-14-19(29)28-12-10-27(11-13-28)17-8-6-16(23)7-9-17/h2-9H,10-14H2,1H3,(H,24,25,30). The fraction of sp³-hybridized carbons (Fsp3) is 0.273. The minimum absolute atomic E-state index is 0.0365. The molecule has 1 N–H and O–H groups in total. The molecule has 7 nitrogen and oxygen atoms in total. The number of halogens is 1. The number of hydrogen-bond donors (Lipinski definition) is 1. The highest BCUT2D eigenvalue weighted by molar-refractivity contribution is 8.01. The first-order valence-electron chi connectivity index (χ1n) is 10.1. The van der Waals surface area contributed by atoms with Crippen LogP contribution in [-0.4, -0.2) is 58.8 Å². The lowest BCUT2D eigenvalue weighted by Crippen LogP contribution is -2.49. The zero-order valence-electron chi connectivity index (χ0n) is 17.5. The predicted octanol–water partition coefficient (Wildman–Crippen LogP) is 3.68. The Kier molecular flexibility index (Phi) is 7.01. The number of rotatable bonds is 6. The Morgan fingerprint density at radius 2 is 1.78 bits per heavy atom. The minimum atomic E-state index is -0.255. The molecule has 1 saturated heterocycles. The molecular formula is C22H22FN5O2S2. The zero-order chi connectivity index (χ0) is 22.5. The number of anilines is 2. The third kappa shape index (κ3) is 5.43. The second kappa shape index (κ2) is 10.1. The third-order valence-corrected chi connectivity index (χ3v) is 7.12. The van der Waals surface area contributed by atoms with Crippen molar-refractivity contribution in [2.75, 3.05) is 42.1 Å². The van der Waals surface area contributed by atoms with E-state index in [1.54, 1.807) is 18.2 Å². The lowest BCUT2D eigenvalue weighted by Gasteiger charge is -2.36. The van der Waals surface area contributed by atoms with Crippen molar-refractivity contribution in [3.8, 4) is 0 Å². The van der Waals surface area contributed by atoms with Crippen LogP contribution in [0.25, 0.3) is 0 Å². The van der Waals surface area contributed by atoms with Crippen molar-refractivity contribution in [3.05, 3.63) is 65.5 Å². The quantitative estimate of drug-likeness (QED) is 0.437. The molecule has 166 valence electrons. The van der Waals surface area contributed by atoms with E-state index in [1.165, 1.54) is 35.2 Å². The van der Waals surface area contributed by atoms with Crippen molar-refractivity contribution in [1.82, 2.24) is 15.1 Å². The van der Waals surface area contributed by atoms with E-state index in [4.69, 9.17) is 0 Å². The normalized spacial score (nSPS) is 13.8. The molecule has 4 rings (SSSR count). The largest absolute Gasteiger partial charge is 0.368 e. The molecule has 2 heterocycles. The number of aryl methyl sites for hydroxylation is 1. The van der Waals surface area contributed by atoms with Crippen molar-refractivity contribution in [1.29, 1.82) is 0 Å². The second-order valence-corrected chi connectivity index (χ2v) is 9.48. The van der Waals surface area contributed by atoms with E-state index in [0.717, 1.165) is 11.3 Å². The zero-order valence-corrected chi connectivity index (χ0v) is 19.1. The Hall–Kier alpha value is -2.98. The molecule has 0 aliphatic carbocycles. The predicted molar refractivity (Wildman–Crippen MR) is 125 cm³/mol. The number of carbonyl (C=O) groups is 2. The van der Waals surface area contributed by atoms with E-state index >= 15 is 0 Å². The summed E-state index contributed by atoms with van der Waals surface area (Å²) in [6.07, 6.45) is 0. The van der Waals surface area contributed by atoms with E-state index in [9.17, 15) is 14.0 Å². The molecule has 0 radical (unpaired) electrons. The number of piperazine rings is 1. The van der Waals surface area contributed by atoms with Gasteiger partial charge in [-0.25, -0.2) is 4.39 Å². The van der Waals surface area contributed by atoms with Crippen LogP contribution >= 0.6 is 23.1 Å². The van der Waals surface area contributed by atoms with Crippen LogP contribution in [0, 0.1) is 12.7 Å². The van der Waals surface area contributed by atoms with Crippen LogP contribution in [-0.2, 0) is 4.79 Å². The Balaban J connectivity index is 1.24. The summed E-state index contributed by atoms with van der Waals surface area (Å²) in [6, 6.07) is 13.7. The fourth-order valence-electron chi connectivity index (χ4n) is 3.39.